The molecule has 0 amide bonds. The Bertz CT molecular complexity index is 168. The van der Waals surface area contributed by atoms with Crippen molar-refractivity contribution in [3.8, 4) is 5.88 Å². The minimum absolute atomic E-state index is 0.595. The summed E-state index contributed by atoms with van der Waals surface area (Å²) in [6.45, 7) is 0. The topological polar surface area (TPSA) is 35.0 Å². The van der Waals surface area contributed by atoms with Crippen molar-refractivity contribution in [2.75, 3.05) is 6.26 Å². The zero-order valence-corrected chi connectivity index (χ0v) is 5.76. The maximum atomic E-state index is 4.97. The molecule has 48 valence electrons. The standard InChI is InChI=1S/C5H6N2OS/c1-9-8-5-2-3-6-4-7-5/h2-4H,1H3. The summed E-state index contributed by atoms with van der Waals surface area (Å²) in [6, 6.07) is 1.70. The highest BCUT2D eigenvalue weighted by Crippen LogP contribution is 2.06. The molecule has 0 atom stereocenters. The highest BCUT2D eigenvalue weighted by atomic mass is 32.2. The Morgan fingerprint density at radius 1 is 1.67 bits per heavy atom. The van der Waals surface area contributed by atoms with Gasteiger partial charge in [0.15, 0.2) is 0 Å². The van der Waals surface area contributed by atoms with Crippen LogP contribution in [0.3, 0.4) is 0 Å². The molecule has 0 aliphatic carbocycles. The van der Waals surface area contributed by atoms with Crippen LogP contribution in [0.4, 0.5) is 0 Å². The molecule has 0 aliphatic rings. The van der Waals surface area contributed by atoms with Gasteiger partial charge >= 0.3 is 0 Å². The van der Waals surface area contributed by atoms with Gasteiger partial charge in [-0.05, 0) is 0 Å². The molecule has 0 fully saturated rings. The first-order chi connectivity index (χ1) is 4.43. The van der Waals surface area contributed by atoms with E-state index in [1.165, 1.54) is 18.4 Å². The van der Waals surface area contributed by atoms with Gasteiger partial charge in [-0.3, -0.25) is 0 Å². The SMILES string of the molecule is CSOc1ccncn1. The lowest BCUT2D eigenvalue weighted by atomic mass is 10.6. The molecule has 0 bridgehead atoms. The van der Waals surface area contributed by atoms with Crippen LogP contribution in [0.15, 0.2) is 18.6 Å². The van der Waals surface area contributed by atoms with Crippen LogP contribution in [0.2, 0.25) is 0 Å². The maximum Gasteiger partial charge on any atom is 0.230 e. The molecule has 0 spiro atoms. The molecule has 3 nitrogen and oxygen atoms in total. The van der Waals surface area contributed by atoms with E-state index in [0.29, 0.717) is 5.88 Å². The first-order valence-corrected chi connectivity index (χ1v) is 3.55. The molecule has 1 rings (SSSR count). The van der Waals surface area contributed by atoms with Crippen LogP contribution >= 0.6 is 12.0 Å². The van der Waals surface area contributed by atoms with Gasteiger partial charge in [-0.25, -0.2) is 9.97 Å². The Balaban J connectivity index is 2.61. The molecule has 0 aliphatic heterocycles. The summed E-state index contributed by atoms with van der Waals surface area (Å²) in [5.41, 5.74) is 0. The minimum atomic E-state index is 0.595. The van der Waals surface area contributed by atoms with Gasteiger partial charge in [-0.1, -0.05) is 0 Å². The Labute approximate surface area is 57.7 Å². The van der Waals surface area contributed by atoms with Crippen molar-refractivity contribution in [1.29, 1.82) is 0 Å². The number of hydrogen-bond donors (Lipinski definition) is 0. The van der Waals surface area contributed by atoms with E-state index in [-0.39, 0.29) is 0 Å². The largest absolute Gasteiger partial charge is 0.406 e. The summed E-state index contributed by atoms with van der Waals surface area (Å²) in [4.78, 5) is 7.54. The minimum Gasteiger partial charge on any atom is -0.406 e. The highest BCUT2D eigenvalue weighted by molar-refractivity contribution is 7.94. The molecule has 0 saturated carbocycles. The zero-order chi connectivity index (χ0) is 6.53. The second-order valence-corrected chi connectivity index (χ2v) is 1.80. The van der Waals surface area contributed by atoms with Gasteiger partial charge in [-0.2, -0.15) is 0 Å². The van der Waals surface area contributed by atoms with Crippen molar-refractivity contribution in [3.05, 3.63) is 18.6 Å². The number of hydrogen-bond acceptors (Lipinski definition) is 4. The van der Waals surface area contributed by atoms with E-state index in [2.05, 4.69) is 9.97 Å². The molecule has 0 unspecified atom stereocenters. The third kappa shape index (κ3) is 1.89. The lowest BCUT2D eigenvalue weighted by molar-refractivity contribution is 0.616. The second-order valence-electron chi connectivity index (χ2n) is 1.30. The summed E-state index contributed by atoms with van der Waals surface area (Å²) >= 11 is 1.26. The normalized spacial score (nSPS) is 9.00. The second kappa shape index (κ2) is 3.29. The summed E-state index contributed by atoms with van der Waals surface area (Å²) in [6.07, 6.45) is 4.92. The molecule has 0 N–H and O–H groups in total. The van der Waals surface area contributed by atoms with E-state index in [1.54, 1.807) is 12.3 Å². The lowest BCUT2D eigenvalue weighted by Gasteiger charge is -1.94. The Hall–Kier alpha value is -0.770. The van der Waals surface area contributed by atoms with Crippen LogP contribution in [0, 0.1) is 0 Å². The zero-order valence-electron chi connectivity index (χ0n) is 4.94. The first kappa shape index (κ1) is 6.35. The third-order valence-electron chi connectivity index (χ3n) is 0.724. The smallest absolute Gasteiger partial charge is 0.230 e. The van der Waals surface area contributed by atoms with Crippen molar-refractivity contribution in [2.45, 2.75) is 0 Å². The van der Waals surface area contributed by atoms with Gasteiger partial charge in [0.2, 0.25) is 5.88 Å². The maximum absolute atomic E-state index is 4.97. The fraction of sp³-hybridized carbons (Fsp3) is 0.200. The summed E-state index contributed by atoms with van der Waals surface area (Å²) in [5, 5.41) is 0. The Kier molecular flexibility index (Phi) is 2.32. The summed E-state index contributed by atoms with van der Waals surface area (Å²) in [5.74, 6) is 0.595. The third-order valence-corrected chi connectivity index (χ3v) is 1.06. The van der Waals surface area contributed by atoms with Crippen molar-refractivity contribution >= 4 is 12.0 Å². The average molecular weight is 142 g/mol. The van der Waals surface area contributed by atoms with Crippen molar-refractivity contribution in [1.82, 2.24) is 9.97 Å². The molecular weight excluding hydrogens is 136 g/mol. The summed E-state index contributed by atoms with van der Waals surface area (Å²) in [7, 11) is 0. The fourth-order valence-electron chi connectivity index (χ4n) is 0.413. The predicted molar refractivity (Wildman–Crippen MR) is 36.2 cm³/mol. The quantitative estimate of drug-likeness (QED) is 0.580. The molecule has 4 heteroatoms. The monoisotopic (exact) mass is 142 g/mol. The molecule has 0 saturated heterocycles. The number of nitrogens with zero attached hydrogens (tertiary/aromatic N) is 2. The first-order valence-electron chi connectivity index (χ1n) is 2.40. The Morgan fingerprint density at radius 3 is 3.11 bits per heavy atom. The van der Waals surface area contributed by atoms with Crippen LogP contribution in [0.1, 0.15) is 0 Å². The predicted octanol–water partition coefficient (Wildman–Crippen LogP) is 1.13. The fourth-order valence-corrected chi connectivity index (χ4v) is 0.683. The summed E-state index contributed by atoms with van der Waals surface area (Å²) < 4.78 is 4.97. The van der Waals surface area contributed by atoms with Crippen LogP contribution < -0.4 is 4.18 Å². The van der Waals surface area contributed by atoms with E-state index in [1.807, 2.05) is 6.26 Å². The lowest BCUT2D eigenvalue weighted by Crippen LogP contribution is -1.82. The van der Waals surface area contributed by atoms with E-state index < -0.39 is 0 Å². The van der Waals surface area contributed by atoms with Gasteiger partial charge in [-0.15, -0.1) is 0 Å². The van der Waals surface area contributed by atoms with Gasteiger partial charge in [0, 0.05) is 18.5 Å². The average Bonchev–Trinajstić information content (AvgIpc) is 1.91. The van der Waals surface area contributed by atoms with E-state index in [4.69, 9.17) is 4.18 Å². The van der Waals surface area contributed by atoms with E-state index in [9.17, 15) is 0 Å². The molecular formula is C5H6N2OS. The van der Waals surface area contributed by atoms with Crippen LogP contribution in [0.5, 0.6) is 5.88 Å². The van der Waals surface area contributed by atoms with E-state index in [0.717, 1.165) is 0 Å². The van der Waals surface area contributed by atoms with Crippen molar-refractivity contribution in [3.63, 3.8) is 0 Å². The van der Waals surface area contributed by atoms with Gasteiger partial charge in [0.25, 0.3) is 0 Å². The van der Waals surface area contributed by atoms with Crippen molar-refractivity contribution in [2.24, 2.45) is 0 Å². The molecule has 9 heavy (non-hydrogen) atoms. The number of rotatable bonds is 2. The molecule has 1 aromatic heterocycles. The highest BCUT2D eigenvalue weighted by Gasteiger charge is 1.87. The number of aromatic nitrogens is 2. The molecule has 1 aromatic rings. The van der Waals surface area contributed by atoms with Gasteiger partial charge in [0.1, 0.15) is 6.33 Å². The van der Waals surface area contributed by atoms with E-state index >= 15 is 0 Å². The molecule has 0 radical (unpaired) electrons. The molecule has 0 aromatic carbocycles. The molecule has 1 heterocycles. The van der Waals surface area contributed by atoms with Crippen LogP contribution in [0.25, 0.3) is 0 Å². The van der Waals surface area contributed by atoms with Gasteiger partial charge < -0.3 is 4.18 Å². The van der Waals surface area contributed by atoms with Crippen LogP contribution in [-0.4, -0.2) is 16.2 Å². The Morgan fingerprint density at radius 2 is 2.56 bits per heavy atom. The van der Waals surface area contributed by atoms with Crippen molar-refractivity contribution < 1.29 is 4.18 Å². The van der Waals surface area contributed by atoms with Crippen LogP contribution in [-0.2, 0) is 0 Å². The van der Waals surface area contributed by atoms with Gasteiger partial charge in [0.05, 0.1) is 12.0 Å².